The highest BCUT2D eigenvalue weighted by Crippen LogP contribution is 2.37. The number of nitrogens with one attached hydrogen (secondary N) is 1. The van der Waals surface area contributed by atoms with Gasteiger partial charge in [-0.15, -0.1) is 0 Å². The molecule has 5 nitrogen and oxygen atoms in total. The molecule has 0 fully saturated rings. The third kappa shape index (κ3) is 6.02. The second kappa shape index (κ2) is 13.1. The van der Waals surface area contributed by atoms with E-state index in [0.717, 1.165) is 72.7 Å². The van der Waals surface area contributed by atoms with E-state index in [1.807, 2.05) is 43.3 Å². The average Bonchev–Trinajstić information content (AvgIpc) is 3.46. The highest BCUT2D eigenvalue weighted by atomic mass is 15.0. The van der Waals surface area contributed by atoms with E-state index < -0.39 is 0 Å². The van der Waals surface area contributed by atoms with Gasteiger partial charge in [0.25, 0.3) is 0 Å². The van der Waals surface area contributed by atoms with Gasteiger partial charge in [0.1, 0.15) is 12.1 Å². The number of rotatable bonds is 8. The summed E-state index contributed by atoms with van der Waals surface area (Å²) < 4.78 is 2.31. The fraction of sp³-hybridized carbons (Fsp3) is 0.0238. The number of nitrogens with zero attached hydrogens (tertiary/aromatic N) is 3. The van der Waals surface area contributed by atoms with Gasteiger partial charge in [0, 0.05) is 28.9 Å². The predicted octanol–water partition coefficient (Wildman–Crippen LogP) is 10.00. The maximum atomic E-state index is 9.33. The van der Waals surface area contributed by atoms with Crippen LogP contribution in [0.15, 0.2) is 151 Å². The smallest absolute Gasteiger partial charge is 0.101 e. The Morgan fingerprint density at radius 3 is 1.79 bits per heavy atom. The molecule has 0 radical (unpaired) electrons. The van der Waals surface area contributed by atoms with Crippen molar-refractivity contribution >= 4 is 39.2 Å². The van der Waals surface area contributed by atoms with Crippen LogP contribution < -0.4 is 5.73 Å². The molecular formula is C42H31N5. The average molecular weight is 606 g/mol. The summed E-state index contributed by atoms with van der Waals surface area (Å²) in [4.78, 5) is 0. The third-order valence-electron chi connectivity index (χ3n) is 8.29. The summed E-state index contributed by atoms with van der Waals surface area (Å²) in [5.74, 6) is 0. The Morgan fingerprint density at radius 2 is 1.23 bits per heavy atom. The maximum absolute atomic E-state index is 9.33. The van der Waals surface area contributed by atoms with E-state index in [1.165, 1.54) is 6.20 Å². The van der Waals surface area contributed by atoms with Gasteiger partial charge in [0.05, 0.1) is 22.2 Å². The summed E-state index contributed by atoms with van der Waals surface area (Å²) in [6, 6.07) is 44.1. The van der Waals surface area contributed by atoms with Gasteiger partial charge in [-0.1, -0.05) is 85.4 Å². The van der Waals surface area contributed by atoms with Crippen LogP contribution in [-0.2, 0) is 0 Å². The zero-order valence-electron chi connectivity index (χ0n) is 25.9. The molecule has 0 saturated heterocycles. The van der Waals surface area contributed by atoms with Gasteiger partial charge in [-0.2, -0.15) is 10.5 Å². The van der Waals surface area contributed by atoms with Crippen LogP contribution in [0.4, 0.5) is 0 Å². The summed E-state index contributed by atoms with van der Waals surface area (Å²) >= 11 is 0. The van der Waals surface area contributed by atoms with Gasteiger partial charge in [-0.3, -0.25) is 0 Å². The Balaban J connectivity index is 1.50. The number of aromatic nitrogens is 1. The molecule has 0 aliphatic heterocycles. The maximum Gasteiger partial charge on any atom is 0.101 e. The molecule has 47 heavy (non-hydrogen) atoms. The zero-order valence-corrected chi connectivity index (χ0v) is 25.9. The molecule has 0 atom stereocenters. The number of hydrogen-bond acceptors (Lipinski definition) is 4. The molecule has 0 amide bonds. The number of benzene rings is 5. The van der Waals surface area contributed by atoms with Crippen LogP contribution in [0.25, 0.3) is 60.9 Å². The first-order valence-electron chi connectivity index (χ1n) is 15.1. The van der Waals surface area contributed by atoms with Crippen LogP contribution >= 0.6 is 0 Å². The molecule has 0 aliphatic rings. The molecule has 5 aromatic carbocycles. The molecule has 224 valence electrons. The van der Waals surface area contributed by atoms with Crippen LogP contribution in [-0.4, -0.2) is 10.8 Å². The van der Waals surface area contributed by atoms with Crippen LogP contribution in [0.3, 0.4) is 0 Å². The monoisotopic (exact) mass is 605 g/mol. The summed E-state index contributed by atoms with van der Waals surface area (Å²) in [6.07, 6.45) is 5.80. The molecule has 0 unspecified atom stereocenters. The Kier molecular flexibility index (Phi) is 8.47. The Bertz CT molecular complexity index is 2370. The normalized spacial score (nSPS) is 12.1. The van der Waals surface area contributed by atoms with Gasteiger partial charge < -0.3 is 15.7 Å². The quantitative estimate of drug-likeness (QED) is 0.102. The minimum absolute atomic E-state index is 0.254. The van der Waals surface area contributed by atoms with Gasteiger partial charge in [0.2, 0.25) is 0 Å². The zero-order chi connectivity index (χ0) is 32.9. The first kappa shape index (κ1) is 30.3. The van der Waals surface area contributed by atoms with Gasteiger partial charge in [-0.05, 0) is 100 Å². The SMILES string of the molecule is C=C(/C=C(/C#N)C=N)c1cccc(-c2ccc3c4ccc(-c5cccc(/C(C)=C/C(C#N)=C\N)c5)cc4n(-c4ccccc4)c3c2)c1. The number of para-hydroxylation sites is 1. The first-order valence-corrected chi connectivity index (χ1v) is 15.1. The number of nitriles is 2. The predicted molar refractivity (Wildman–Crippen MR) is 195 cm³/mol. The second-order valence-electron chi connectivity index (χ2n) is 11.2. The molecular weight excluding hydrogens is 574 g/mol. The molecule has 0 spiro atoms. The summed E-state index contributed by atoms with van der Waals surface area (Å²) in [5.41, 5.74) is 17.3. The molecule has 0 aliphatic carbocycles. The van der Waals surface area contributed by atoms with E-state index in [9.17, 15) is 10.5 Å². The van der Waals surface area contributed by atoms with E-state index in [2.05, 4.69) is 102 Å². The lowest BCUT2D eigenvalue weighted by Gasteiger charge is -2.11. The largest absolute Gasteiger partial charge is 0.404 e. The third-order valence-corrected chi connectivity index (χ3v) is 8.29. The summed E-state index contributed by atoms with van der Waals surface area (Å²) in [5, 5.41) is 28.4. The molecule has 1 heterocycles. The topological polar surface area (TPSA) is 102 Å². The summed E-state index contributed by atoms with van der Waals surface area (Å²) in [6.45, 7) is 6.12. The molecule has 1 aromatic heterocycles. The minimum Gasteiger partial charge on any atom is -0.404 e. The first-order chi connectivity index (χ1) is 22.9. The minimum atomic E-state index is 0.254. The van der Waals surface area contributed by atoms with Crippen LogP contribution in [0.1, 0.15) is 18.1 Å². The standard InChI is InChI=1S/C42H31N5/c1-28(18-30(24-43)25-44)32-8-6-10-34(20-32)36-14-16-39-40-17-15-37(23-42(40)47(41(39)22-36)38-12-4-3-5-13-38)35-11-7-9-33(21-35)29(2)19-31(26-45)27-46/h3-24,26,43H,1,45H2,2H3/b29-19+,30-18+,31-26+,43-24?. The van der Waals surface area contributed by atoms with Crippen molar-refractivity contribution in [2.45, 2.75) is 6.92 Å². The van der Waals surface area contributed by atoms with Crippen LogP contribution in [0.5, 0.6) is 0 Å². The lowest BCUT2D eigenvalue weighted by molar-refractivity contribution is 1.18. The van der Waals surface area contributed by atoms with Gasteiger partial charge in [0.15, 0.2) is 0 Å². The Labute approximate surface area is 274 Å². The highest BCUT2D eigenvalue weighted by Gasteiger charge is 2.15. The lowest BCUT2D eigenvalue weighted by Crippen LogP contribution is -1.94. The second-order valence-corrected chi connectivity index (χ2v) is 11.2. The van der Waals surface area contributed by atoms with Crippen molar-refractivity contribution in [1.82, 2.24) is 4.57 Å². The van der Waals surface area contributed by atoms with Crippen molar-refractivity contribution in [3.8, 4) is 40.1 Å². The van der Waals surface area contributed by atoms with Crippen molar-refractivity contribution in [2.24, 2.45) is 5.73 Å². The number of allylic oxidation sites excluding steroid dienone is 6. The summed E-state index contributed by atoms with van der Waals surface area (Å²) in [7, 11) is 0. The van der Waals surface area contributed by atoms with E-state index in [0.29, 0.717) is 11.1 Å². The van der Waals surface area contributed by atoms with Gasteiger partial charge in [-0.25, -0.2) is 0 Å². The van der Waals surface area contributed by atoms with Crippen molar-refractivity contribution in [3.63, 3.8) is 0 Å². The van der Waals surface area contributed by atoms with Gasteiger partial charge >= 0.3 is 0 Å². The fourth-order valence-electron chi connectivity index (χ4n) is 5.89. The van der Waals surface area contributed by atoms with E-state index in [1.54, 1.807) is 12.2 Å². The molecule has 3 N–H and O–H groups in total. The fourth-order valence-corrected chi connectivity index (χ4v) is 5.89. The number of fused-ring (bicyclic) bond motifs is 3. The van der Waals surface area contributed by atoms with Crippen molar-refractivity contribution in [2.75, 3.05) is 0 Å². The molecule has 5 heteroatoms. The van der Waals surface area contributed by atoms with Crippen LogP contribution in [0.2, 0.25) is 0 Å². The van der Waals surface area contributed by atoms with E-state index in [4.69, 9.17) is 11.1 Å². The Morgan fingerprint density at radius 1 is 0.681 bits per heavy atom. The molecule has 0 saturated carbocycles. The number of hydrogen-bond donors (Lipinski definition) is 2. The molecule has 6 rings (SSSR count). The van der Waals surface area contributed by atoms with Crippen molar-refractivity contribution < 1.29 is 0 Å². The molecule has 6 aromatic rings. The van der Waals surface area contributed by atoms with E-state index in [-0.39, 0.29) is 5.57 Å². The lowest BCUT2D eigenvalue weighted by atomic mass is 9.97. The Hall–Kier alpha value is -6.69. The highest BCUT2D eigenvalue weighted by molar-refractivity contribution is 6.11. The van der Waals surface area contributed by atoms with Crippen LogP contribution in [0, 0.1) is 28.1 Å². The number of nitrogens with two attached hydrogens (primary N) is 1. The molecule has 0 bridgehead atoms. The van der Waals surface area contributed by atoms with Crippen molar-refractivity contribution in [3.05, 3.63) is 162 Å². The van der Waals surface area contributed by atoms with E-state index >= 15 is 0 Å². The van der Waals surface area contributed by atoms with Crippen molar-refractivity contribution in [1.29, 1.82) is 15.9 Å².